The molecule has 2 rings (SSSR count). The van der Waals surface area contributed by atoms with Crippen molar-refractivity contribution in [1.29, 1.82) is 0 Å². The fourth-order valence-corrected chi connectivity index (χ4v) is 2.33. The number of rotatable bonds is 5. The van der Waals surface area contributed by atoms with Gasteiger partial charge in [-0.25, -0.2) is 8.78 Å². The monoisotopic (exact) mass is 290 g/mol. The molecule has 0 aromatic heterocycles. The Morgan fingerprint density at radius 1 is 1.10 bits per heavy atom. The predicted molar refractivity (Wildman–Crippen MR) is 76.1 cm³/mol. The minimum Gasteiger partial charge on any atom is -0.481 e. The molecule has 21 heavy (non-hydrogen) atoms. The molecular weight excluding hydrogens is 274 g/mol. The third-order valence-electron chi connectivity index (χ3n) is 3.54. The van der Waals surface area contributed by atoms with Crippen molar-refractivity contribution in [2.24, 2.45) is 5.92 Å². The molecule has 0 aliphatic carbocycles. The number of carboxylic acids is 1. The molecule has 0 saturated carbocycles. The van der Waals surface area contributed by atoms with E-state index < -0.39 is 17.7 Å². The van der Waals surface area contributed by atoms with Gasteiger partial charge in [0.05, 0.1) is 5.92 Å². The van der Waals surface area contributed by atoms with Gasteiger partial charge in [0.15, 0.2) is 0 Å². The molecule has 110 valence electrons. The highest BCUT2D eigenvalue weighted by atomic mass is 19.1. The van der Waals surface area contributed by atoms with Crippen LogP contribution in [0.4, 0.5) is 8.78 Å². The van der Waals surface area contributed by atoms with Gasteiger partial charge in [-0.05, 0) is 54.7 Å². The van der Waals surface area contributed by atoms with Crippen LogP contribution >= 0.6 is 0 Å². The van der Waals surface area contributed by atoms with E-state index in [9.17, 15) is 18.7 Å². The first-order valence-corrected chi connectivity index (χ1v) is 6.68. The van der Waals surface area contributed by atoms with Crippen LogP contribution in [-0.4, -0.2) is 11.1 Å². The predicted octanol–water partition coefficient (Wildman–Crippen LogP) is 3.76. The Morgan fingerprint density at radius 3 is 2.38 bits per heavy atom. The number of halogens is 2. The molecule has 2 aromatic carbocycles. The van der Waals surface area contributed by atoms with Crippen LogP contribution in [0.15, 0.2) is 42.5 Å². The lowest BCUT2D eigenvalue weighted by molar-refractivity contribution is -0.141. The number of aliphatic carboxylic acids is 1. The van der Waals surface area contributed by atoms with Crippen molar-refractivity contribution in [3.8, 4) is 0 Å². The largest absolute Gasteiger partial charge is 0.481 e. The van der Waals surface area contributed by atoms with Crippen molar-refractivity contribution in [3.63, 3.8) is 0 Å². The Bertz CT molecular complexity index is 653. The van der Waals surface area contributed by atoms with Crippen molar-refractivity contribution in [2.45, 2.75) is 19.8 Å². The first-order valence-electron chi connectivity index (χ1n) is 6.68. The molecule has 0 fully saturated rings. The fourth-order valence-electron chi connectivity index (χ4n) is 2.33. The summed E-state index contributed by atoms with van der Waals surface area (Å²) < 4.78 is 26.7. The summed E-state index contributed by atoms with van der Waals surface area (Å²) in [5, 5.41) is 9.34. The fraction of sp³-hybridized carbons (Fsp3) is 0.235. The molecular formula is C17H16F2O2. The average Bonchev–Trinajstić information content (AvgIpc) is 2.42. The molecule has 0 spiro atoms. The van der Waals surface area contributed by atoms with Crippen LogP contribution in [0.25, 0.3) is 0 Å². The SMILES string of the molecule is Cc1cc(F)ccc1CC(Cc1ccccc1F)C(=O)O. The van der Waals surface area contributed by atoms with Gasteiger partial charge in [-0.2, -0.15) is 0 Å². The van der Waals surface area contributed by atoms with Crippen molar-refractivity contribution in [3.05, 3.63) is 70.8 Å². The van der Waals surface area contributed by atoms with Gasteiger partial charge in [0.25, 0.3) is 0 Å². The molecule has 0 amide bonds. The van der Waals surface area contributed by atoms with E-state index in [1.807, 2.05) is 0 Å². The van der Waals surface area contributed by atoms with Gasteiger partial charge in [0.2, 0.25) is 0 Å². The summed E-state index contributed by atoms with van der Waals surface area (Å²) in [5.41, 5.74) is 1.85. The van der Waals surface area contributed by atoms with E-state index in [2.05, 4.69) is 0 Å². The van der Waals surface area contributed by atoms with E-state index in [1.54, 1.807) is 31.2 Å². The molecule has 2 aromatic rings. The normalized spacial score (nSPS) is 12.1. The van der Waals surface area contributed by atoms with Gasteiger partial charge in [0.1, 0.15) is 11.6 Å². The minimum absolute atomic E-state index is 0.110. The number of hydrogen-bond donors (Lipinski definition) is 1. The van der Waals surface area contributed by atoms with Gasteiger partial charge in [-0.15, -0.1) is 0 Å². The number of hydrogen-bond acceptors (Lipinski definition) is 1. The summed E-state index contributed by atoms with van der Waals surface area (Å²) >= 11 is 0. The van der Waals surface area contributed by atoms with E-state index in [0.717, 1.165) is 5.56 Å². The van der Waals surface area contributed by atoms with E-state index in [-0.39, 0.29) is 18.7 Å². The highest BCUT2D eigenvalue weighted by molar-refractivity contribution is 5.71. The molecule has 0 bridgehead atoms. The second-order valence-electron chi connectivity index (χ2n) is 5.11. The molecule has 1 unspecified atom stereocenters. The maximum Gasteiger partial charge on any atom is 0.307 e. The number of carbonyl (C=O) groups is 1. The Balaban J connectivity index is 2.20. The zero-order valence-electron chi connectivity index (χ0n) is 11.6. The Labute approximate surface area is 122 Å². The van der Waals surface area contributed by atoms with Crippen LogP contribution in [0.3, 0.4) is 0 Å². The lowest BCUT2D eigenvalue weighted by Crippen LogP contribution is -2.20. The van der Waals surface area contributed by atoms with Crippen molar-refractivity contribution >= 4 is 5.97 Å². The average molecular weight is 290 g/mol. The first kappa shape index (κ1) is 15.2. The summed E-state index contributed by atoms with van der Waals surface area (Å²) in [4.78, 5) is 11.4. The van der Waals surface area contributed by atoms with E-state index >= 15 is 0 Å². The summed E-state index contributed by atoms with van der Waals surface area (Å²) in [5.74, 6) is -2.48. The van der Waals surface area contributed by atoms with Gasteiger partial charge >= 0.3 is 5.97 Å². The minimum atomic E-state index is -0.984. The van der Waals surface area contributed by atoms with E-state index in [4.69, 9.17) is 0 Å². The lowest BCUT2D eigenvalue weighted by Gasteiger charge is -2.14. The van der Waals surface area contributed by atoms with Crippen LogP contribution in [0, 0.1) is 24.5 Å². The van der Waals surface area contributed by atoms with Crippen molar-refractivity contribution in [1.82, 2.24) is 0 Å². The number of carboxylic acid groups (broad SMARTS) is 1. The summed E-state index contributed by atoms with van der Waals surface area (Å²) in [7, 11) is 0. The molecule has 1 atom stereocenters. The zero-order chi connectivity index (χ0) is 15.4. The van der Waals surface area contributed by atoms with Crippen molar-refractivity contribution < 1.29 is 18.7 Å². The topological polar surface area (TPSA) is 37.3 Å². The van der Waals surface area contributed by atoms with E-state index in [0.29, 0.717) is 11.1 Å². The van der Waals surface area contributed by atoms with Gasteiger partial charge in [-0.3, -0.25) is 4.79 Å². The quantitative estimate of drug-likeness (QED) is 0.910. The molecule has 4 heteroatoms. The molecule has 0 radical (unpaired) electrons. The van der Waals surface area contributed by atoms with Crippen LogP contribution in [0.5, 0.6) is 0 Å². The van der Waals surface area contributed by atoms with Crippen LogP contribution in [0.1, 0.15) is 16.7 Å². The second kappa shape index (κ2) is 6.48. The standard InChI is InChI=1S/C17H16F2O2/c1-11-8-15(18)7-6-12(11)9-14(17(20)21)10-13-4-2-3-5-16(13)19/h2-8,14H,9-10H2,1H3,(H,20,21). The molecule has 0 saturated heterocycles. The maximum atomic E-state index is 13.6. The highest BCUT2D eigenvalue weighted by Crippen LogP contribution is 2.20. The second-order valence-corrected chi connectivity index (χ2v) is 5.11. The number of benzene rings is 2. The third kappa shape index (κ3) is 3.88. The van der Waals surface area contributed by atoms with E-state index in [1.165, 1.54) is 18.2 Å². The smallest absolute Gasteiger partial charge is 0.307 e. The van der Waals surface area contributed by atoms with Crippen LogP contribution in [0.2, 0.25) is 0 Å². The Hall–Kier alpha value is -2.23. The molecule has 2 nitrogen and oxygen atoms in total. The Kier molecular flexibility index (Phi) is 4.68. The Morgan fingerprint density at radius 2 is 1.76 bits per heavy atom. The third-order valence-corrected chi connectivity index (χ3v) is 3.54. The summed E-state index contributed by atoms with van der Waals surface area (Å²) in [6.07, 6.45) is 0.356. The lowest BCUT2D eigenvalue weighted by atomic mass is 9.90. The summed E-state index contributed by atoms with van der Waals surface area (Å²) in [6.45, 7) is 1.74. The van der Waals surface area contributed by atoms with Gasteiger partial charge < -0.3 is 5.11 Å². The van der Waals surface area contributed by atoms with Gasteiger partial charge in [-0.1, -0.05) is 24.3 Å². The molecule has 0 aliphatic heterocycles. The van der Waals surface area contributed by atoms with Gasteiger partial charge in [0, 0.05) is 0 Å². The van der Waals surface area contributed by atoms with Crippen LogP contribution < -0.4 is 0 Å². The van der Waals surface area contributed by atoms with Crippen LogP contribution in [-0.2, 0) is 17.6 Å². The summed E-state index contributed by atoms with van der Waals surface area (Å²) in [6, 6.07) is 10.4. The molecule has 0 heterocycles. The maximum absolute atomic E-state index is 13.6. The highest BCUT2D eigenvalue weighted by Gasteiger charge is 2.21. The van der Waals surface area contributed by atoms with Crippen molar-refractivity contribution in [2.75, 3.05) is 0 Å². The molecule has 0 aliphatic rings. The molecule has 1 N–H and O–H groups in total. The number of aryl methyl sites for hydroxylation is 1. The first-order chi connectivity index (χ1) is 9.97. The zero-order valence-corrected chi connectivity index (χ0v) is 11.6.